The Kier molecular flexibility index (Phi) is 9.28. The van der Waals surface area contributed by atoms with Gasteiger partial charge < -0.3 is 27.6 Å². The van der Waals surface area contributed by atoms with Gasteiger partial charge in [0.05, 0.1) is 22.7 Å². The molecule has 0 saturated carbocycles. The number of hydrogen-bond acceptors (Lipinski definition) is 4. The summed E-state index contributed by atoms with van der Waals surface area (Å²) in [5, 5.41) is 19.0. The Morgan fingerprint density at radius 2 is 0.740 bits per heavy atom. The van der Waals surface area contributed by atoms with Gasteiger partial charge in [0.1, 0.15) is 22.3 Å². The van der Waals surface area contributed by atoms with E-state index < -0.39 is 0 Å². The van der Waals surface area contributed by atoms with Crippen LogP contribution in [0.4, 0.5) is 34.1 Å². The van der Waals surface area contributed by atoms with Gasteiger partial charge in [0.25, 0.3) is 0 Å². The van der Waals surface area contributed by atoms with Gasteiger partial charge in [0.2, 0.25) is 0 Å². The lowest BCUT2D eigenvalue weighted by atomic mass is 9.44. The second-order valence-corrected chi connectivity index (χ2v) is 26.8. The van der Waals surface area contributed by atoms with E-state index in [1.54, 1.807) is 0 Å². The van der Waals surface area contributed by atoms with Gasteiger partial charge in [-0.2, -0.15) is 0 Å². The fraction of sp³-hybridized carbons (Fsp3) is 0. The molecule has 0 unspecified atom stereocenters. The molecular weight excluding hydrogens is 1170 g/mol. The number of nitrogens with zero attached hydrogens (tertiary/aromatic N) is 4. The molecule has 4 aliphatic rings. The van der Waals surface area contributed by atoms with Gasteiger partial charge in [-0.05, 0) is 97.0 Å². The van der Waals surface area contributed by atoms with Crippen LogP contribution in [0.5, 0.6) is 0 Å². The van der Waals surface area contributed by atoms with Crippen molar-refractivity contribution < 1.29 is 8.83 Å². The fourth-order valence-electron chi connectivity index (χ4n) is 18.7. The lowest BCUT2D eigenvalue weighted by molar-refractivity contribution is 0.670. The topological polar surface area (TPSA) is 42.6 Å². The predicted molar refractivity (Wildman–Crippen MR) is 404 cm³/mol. The lowest BCUT2D eigenvalue weighted by Gasteiger charge is -2.41. The van der Waals surface area contributed by atoms with Crippen molar-refractivity contribution in [3.8, 4) is 33.4 Å². The predicted octanol–water partition coefficient (Wildman–Crippen LogP) is 20.8. The molecule has 0 amide bonds. The van der Waals surface area contributed by atoms with Gasteiger partial charge in [-0.15, -0.1) is 0 Å². The minimum absolute atomic E-state index is 0.149. The summed E-state index contributed by atoms with van der Waals surface area (Å²) in [6.45, 7) is -0.352. The molecule has 0 atom stereocenters. The average molecular weight is 1220 g/mol. The van der Waals surface area contributed by atoms with E-state index in [1.165, 1.54) is 137 Å². The molecule has 0 spiro atoms. The Balaban J connectivity index is 0.783. The number of para-hydroxylation sites is 5. The molecule has 4 aromatic heterocycles. The molecule has 0 radical (unpaired) electrons. The highest BCUT2D eigenvalue weighted by Gasteiger charge is 2.47. The van der Waals surface area contributed by atoms with Crippen LogP contribution < -0.4 is 31.7 Å². The van der Waals surface area contributed by atoms with Crippen LogP contribution in [0.25, 0.3) is 164 Å². The third kappa shape index (κ3) is 6.09. The van der Waals surface area contributed by atoms with Crippen LogP contribution in [0.1, 0.15) is 0 Å². The molecule has 438 valence electrons. The van der Waals surface area contributed by atoms with Gasteiger partial charge in [0.15, 0.2) is 0 Å². The number of hydrogen-bond donors (Lipinski definition) is 0. The molecule has 16 aromatic carbocycles. The smallest absolute Gasteiger partial charge is 0.333 e. The van der Waals surface area contributed by atoms with Crippen LogP contribution in [0.3, 0.4) is 0 Å². The Labute approximate surface area is 549 Å². The lowest BCUT2D eigenvalue weighted by Crippen LogP contribution is -2.56. The van der Waals surface area contributed by atoms with Gasteiger partial charge >= 0.3 is 13.7 Å². The molecule has 0 aliphatic carbocycles. The van der Waals surface area contributed by atoms with Crippen molar-refractivity contribution >= 4 is 200 Å². The quantitative estimate of drug-likeness (QED) is 0.165. The van der Waals surface area contributed by atoms with Crippen molar-refractivity contribution in [1.29, 1.82) is 0 Å². The molecule has 0 saturated heterocycles. The molecule has 24 rings (SSSR count). The van der Waals surface area contributed by atoms with Crippen molar-refractivity contribution in [3.05, 3.63) is 291 Å². The highest BCUT2D eigenvalue weighted by molar-refractivity contribution is 6.92. The number of aromatic nitrogens is 2. The first-order valence-corrected chi connectivity index (χ1v) is 33.4. The van der Waals surface area contributed by atoms with Crippen LogP contribution in [0, 0.1) is 0 Å². The minimum atomic E-state index is -0.203. The molecule has 20 aromatic rings. The first kappa shape index (κ1) is 50.1. The summed E-state index contributed by atoms with van der Waals surface area (Å²) >= 11 is 0. The second-order valence-electron chi connectivity index (χ2n) is 26.8. The Bertz CT molecular complexity index is 7020. The maximum Gasteiger partial charge on any atom is 0.333 e. The van der Waals surface area contributed by atoms with Crippen molar-refractivity contribution in [2.24, 2.45) is 0 Å². The largest absolute Gasteiger partial charge is 0.455 e. The molecular formula is C88H48B2N4O2. The van der Waals surface area contributed by atoms with Crippen LogP contribution >= 0.6 is 0 Å². The monoisotopic (exact) mass is 1210 g/mol. The normalized spacial score (nSPS) is 13.5. The molecule has 0 bridgehead atoms. The van der Waals surface area contributed by atoms with Crippen molar-refractivity contribution in [1.82, 2.24) is 8.96 Å². The van der Waals surface area contributed by atoms with E-state index in [4.69, 9.17) is 8.83 Å². The molecule has 0 fully saturated rings. The zero-order valence-corrected chi connectivity index (χ0v) is 51.5. The molecule has 96 heavy (non-hydrogen) atoms. The summed E-state index contributed by atoms with van der Waals surface area (Å²) in [5.74, 6) is 0. The van der Waals surface area contributed by atoms with Crippen LogP contribution in [0.15, 0.2) is 300 Å². The van der Waals surface area contributed by atoms with Crippen LogP contribution in [-0.2, 0) is 0 Å². The highest BCUT2D eigenvalue weighted by atomic mass is 16.3. The average Bonchev–Trinajstić information content (AvgIpc) is 1.23. The Morgan fingerprint density at radius 3 is 1.40 bits per heavy atom. The molecule has 6 nitrogen and oxygen atoms in total. The number of anilines is 6. The summed E-state index contributed by atoms with van der Waals surface area (Å²) in [5.41, 5.74) is 27.3. The summed E-state index contributed by atoms with van der Waals surface area (Å²) in [7, 11) is 0. The molecule has 8 heterocycles. The standard InChI is InChI=1S/C88H48B2N4O2/c1-5-24-54-49(18-1)22-13-37-70(54)91-74-47-67-60-29-10-12-39-76(60)95-88(67)80-64-34-17-32-62-66-46-53(42-45-73(66)94(84(62)64)90(82(74)80)69-44-41-51-20-3-7-26-56(51)85(69)91)58-30-15-35-65-78-77(96-87(58)65)48-75-81-79(78)63-33-16-31-61-59-28-9-11-36-72(59)93(83(61)63)89(81)68-43-40-52-21-4-8-27-57(52)86(68)92(75)71-38-14-23-50-19-2-6-25-55(50)71/h1-48H. The second kappa shape index (κ2) is 17.8. The molecule has 0 N–H and O–H groups in total. The van der Waals surface area contributed by atoms with E-state index in [2.05, 4.69) is 310 Å². The molecule has 8 heteroatoms. The zero-order chi connectivity index (χ0) is 61.9. The number of fused-ring (bicyclic) bond motifs is 28. The summed E-state index contributed by atoms with van der Waals surface area (Å²) in [6.07, 6.45) is 0. The van der Waals surface area contributed by atoms with Gasteiger partial charge in [-0.1, -0.05) is 243 Å². The van der Waals surface area contributed by atoms with Crippen molar-refractivity contribution in [3.63, 3.8) is 0 Å². The van der Waals surface area contributed by atoms with E-state index >= 15 is 0 Å². The maximum absolute atomic E-state index is 7.71. The third-order valence-corrected chi connectivity index (χ3v) is 22.4. The zero-order valence-electron chi connectivity index (χ0n) is 51.5. The van der Waals surface area contributed by atoms with E-state index in [9.17, 15) is 0 Å². The van der Waals surface area contributed by atoms with E-state index in [-0.39, 0.29) is 13.7 Å². The van der Waals surface area contributed by atoms with E-state index in [0.29, 0.717) is 0 Å². The first-order valence-electron chi connectivity index (χ1n) is 33.4. The SMILES string of the molecule is c1ccc2c(N3c4cc5c(oc6ccccc65)c5c4B(c4ccc6ccccc6c43)n3c4ccc(-c6cccc7c6oc6cc8c9c(c67)-c6cccc7c%10ccccc%10n(c67)B9c6ccc7ccccc7c6N8c6cccc7ccccc67)cc4c4cccc-5c43)cccc2c1. The van der Waals surface area contributed by atoms with Gasteiger partial charge in [-0.25, -0.2) is 0 Å². The fourth-order valence-corrected chi connectivity index (χ4v) is 18.7. The summed E-state index contributed by atoms with van der Waals surface area (Å²) in [6, 6.07) is 109. The van der Waals surface area contributed by atoms with Gasteiger partial charge in [-0.3, -0.25) is 0 Å². The minimum Gasteiger partial charge on any atom is -0.455 e. The van der Waals surface area contributed by atoms with Crippen LogP contribution in [-0.4, -0.2) is 22.7 Å². The Morgan fingerprint density at radius 1 is 0.271 bits per heavy atom. The summed E-state index contributed by atoms with van der Waals surface area (Å²) in [4.78, 5) is 5.17. The highest BCUT2D eigenvalue weighted by Crippen LogP contribution is 2.55. The van der Waals surface area contributed by atoms with E-state index in [0.717, 1.165) is 83.3 Å². The summed E-state index contributed by atoms with van der Waals surface area (Å²) < 4.78 is 20.2. The first-order chi connectivity index (χ1) is 47.7. The third-order valence-electron chi connectivity index (χ3n) is 22.4. The van der Waals surface area contributed by atoms with Crippen molar-refractivity contribution in [2.45, 2.75) is 0 Å². The van der Waals surface area contributed by atoms with Crippen LogP contribution in [0.2, 0.25) is 0 Å². The number of rotatable bonds is 3. The maximum atomic E-state index is 7.71. The van der Waals surface area contributed by atoms with Gasteiger partial charge in [0, 0.05) is 126 Å². The number of benzene rings is 16. The number of furan rings is 2. The van der Waals surface area contributed by atoms with E-state index in [1.807, 2.05) is 0 Å². The Hall–Kier alpha value is -12.5. The molecule has 4 aliphatic heterocycles. The van der Waals surface area contributed by atoms with Crippen molar-refractivity contribution in [2.75, 3.05) is 9.80 Å².